The number of fused-ring (bicyclic) bond motifs is 4. The third-order valence-electron chi connectivity index (χ3n) is 10.1. The van der Waals surface area contributed by atoms with Crippen LogP contribution in [0.2, 0.25) is 0 Å². The van der Waals surface area contributed by atoms with Gasteiger partial charge in [-0.3, -0.25) is 4.57 Å². The fourth-order valence-electron chi connectivity index (χ4n) is 7.62. The molecule has 10 aromatic rings. The molecule has 0 saturated heterocycles. The van der Waals surface area contributed by atoms with Gasteiger partial charge in [0, 0.05) is 50.3 Å². The van der Waals surface area contributed by atoms with Gasteiger partial charge in [-0.25, -0.2) is 0 Å². The molecule has 0 spiro atoms. The van der Waals surface area contributed by atoms with Crippen molar-refractivity contribution < 1.29 is 0 Å². The summed E-state index contributed by atoms with van der Waals surface area (Å²) in [6.45, 7) is 0. The molecule has 0 aliphatic carbocycles. The van der Waals surface area contributed by atoms with Crippen LogP contribution in [0.15, 0.2) is 200 Å². The average Bonchev–Trinajstić information content (AvgIpc) is 3.82. The maximum atomic E-state index is 4.81. The Balaban J connectivity index is 1.08. The molecule has 0 saturated carbocycles. The molecule has 5 nitrogen and oxygen atoms in total. The molecule has 10 rings (SSSR count). The van der Waals surface area contributed by atoms with Crippen LogP contribution in [0.3, 0.4) is 0 Å². The van der Waals surface area contributed by atoms with E-state index in [0.717, 1.165) is 56.6 Å². The van der Waals surface area contributed by atoms with E-state index in [2.05, 4.69) is 196 Å². The molecule has 5 heteroatoms. The van der Waals surface area contributed by atoms with Crippen LogP contribution >= 0.6 is 0 Å². The van der Waals surface area contributed by atoms with Gasteiger partial charge in [0.25, 0.3) is 0 Å². The van der Waals surface area contributed by atoms with Crippen molar-refractivity contribution >= 4 is 49.6 Å². The summed E-state index contributed by atoms with van der Waals surface area (Å²) in [6, 6.07) is 70.5. The summed E-state index contributed by atoms with van der Waals surface area (Å²) < 4.78 is 4.53. The van der Waals surface area contributed by atoms with E-state index in [1.807, 2.05) is 18.2 Å². The van der Waals surface area contributed by atoms with E-state index >= 15 is 0 Å². The topological polar surface area (TPSA) is 38.9 Å². The molecule has 0 aliphatic heterocycles. The van der Waals surface area contributed by atoms with Crippen LogP contribution in [-0.2, 0) is 0 Å². The fourth-order valence-corrected chi connectivity index (χ4v) is 7.62. The minimum absolute atomic E-state index is 0.793. The maximum absolute atomic E-state index is 4.81. The van der Waals surface area contributed by atoms with Crippen molar-refractivity contribution in [2.75, 3.05) is 4.90 Å². The highest BCUT2D eigenvalue weighted by Crippen LogP contribution is 2.38. The van der Waals surface area contributed by atoms with Crippen LogP contribution in [-0.4, -0.2) is 19.3 Å². The minimum atomic E-state index is 0.793. The standard InChI is InChI=1S/C48H33N5/c1-3-15-35(16-4-1)47-49-50-48(44-23-13-17-34-14-7-8-20-41(34)44)53(47)40-32-28-38(29-33-40)51(36-18-5-2-6-19-36)37-26-30-39(31-27-37)52-45-24-11-9-21-42(45)43-22-10-12-25-46(43)52/h1-33H. The number of anilines is 3. The van der Waals surface area contributed by atoms with Gasteiger partial charge in [0.15, 0.2) is 11.6 Å². The number of benzene rings is 8. The Morgan fingerprint density at radius 2 is 0.811 bits per heavy atom. The summed E-state index contributed by atoms with van der Waals surface area (Å²) >= 11 is 0. The second-order valence-electron chi connectivity index (χ2n) is 13.1. The Labute approximate surface area is 307 Å². The van der Waals surface area contributed by atoms with Crippen molar-refractivity contribution in [3.63, 3.8) is 0 Å². The molecule has 0 N–H and O–H groups in total. The van der Waals surface area contributed by atoms with E-state index < -0.39 is 0 Å². The Morgan fingerprint density at radius 1 is 0.340 bits per heavy atom. The first kappa shape index (κ1) is 30.6. The summed E-state index contributed by atoms with van der Waals surface area (Å²) in [4.78, 5) is 2.30. The molecule has 0 atom stereocenters. The monoisotopic (exact) mass is 679 g/mol. The van der Waals surface area contributed by atoms with Gasteiger partial charge in [-0.15, -0.1) is 10.2 Å². The molecular formula is C48H33N5. The highest BCUT2D eigenvalue weighted by molar-refractivity contribution is 6.09. The molecule has 53 heavy (non-hydrogen) atoms. The quantitative estimate of drug-likeness (QED) is 0.168. The summed E-state index contributed by atoms with van der Waals surface area (Å²) in [6.07, 6.45) is 0. The normalized spacial score (nSPS) is 11.4. The van der Waals surface area contributed by atoms with Gasteiger partial charge in [0.1, 0.15) is 0 Å². The molecule has 8 aromatic carbocycles. The van der Waals surface area contributed by atoms with Gasteiger partial charge in [-0.1, -0.05) is 127 Å². The highest BCUT2D eigenvalue weighted by Gasteiger charge is 2.20. The first-order chi connectivity index (χ1) is 26.3. The van der Waals surface area contributed by atoms with Crippen molar-refractivity contribution in [3.8, 4) is 34.2 Å². The molecule has 2 aromatic heterocycles. The second-order valence-corrected chi connectivity index (χ2v) is 13.1. The smallest absolute Gasteiger partial charge is 0.169 e. The SMILES string of the molecule is c1ccc(-c2nnc(-c3cccc4ccccc34)n2-c2ccc(N(c3ccccc3)c3ccc(-n4c5ccccc5c5ccccc54)cc3)cc2)cc1. The zero-order valence-electron chi connectivity index (χ0n) is 28.8. The largest absolute Gasteiger partial charge is 0.311 e. The Bertz CT molecular complexity index is 2810. The molecule has 2 heterocycles. The van der Waals surface area contributed by atoms with Gasteiger partial charge in [0.05, 0.1) is 11.0 Å². The van der Waals surface area contributed by atoms with Gasteiger partial charge in [0.2, 0.25) is 0 Å². The van der Waals surface area contributed by atoms with Gasteiger partial charge in [-0.05, 0) is 83.6 Å². The minimum Gasteiger partial charge on any atom is -0.311 e. The van der Waals surface area contributed by atoms with Crippen LogP contribution in [0.25, 0.3) is 66.7 Å². The summed E-state index contributed by atoms with van der Waals surface area (Å²) in [5.74, 6) is 1.59. The van der Waals surface area contributed by atoms with Crippen molar-refractivity contribution in [1.29, 1.82) is 0 Å². The number of nitrogens with zero attached hydrogens (tertiary/aromatic N) is 5. The van der Waals surface area contributed by atoms with E-state index in [1.54, 1.807) is 0 Å². The summed E-state index contributed by atoms with van der Waals surface area (Å²) in [5, 5.41) is 14.4. The number of hydrogen-bond acceptors (Lipinski definition) is 3. The molecule has 0 radical (unpaired) electrons. The van der Waals surface area contributed by atoms with Crippen LogP contribution < -0.4 is 4.90 Å². The molecule has 0 unspecified atom stereocenters. The number of para-hydroxylation sites is 3. The number of rotatable bonds is 7. The van der Waals surface area contributed by atoms with E-state index in [9.17, 15) is 0 Å². The lowest BCUT2D eigenvalue weighted by Gasteiger charge is -2.26. The van der Waals surface area contributed by atoms with E-state index in [0.29, 0.717) is 0 Å². The summed E-state index contributed by atoms with van der Waals surface area (Å²) in [5.41, 5.74) is 9.74. The van der Waals surface area contributed by atoms with Crippen LogP contribution in [0, 0.1) is 0 Å². The molecular weight excluding hydrogens is 647 g/mol. The third kappa shape index (κ3) is 5.26. The predicted molar refractivity (Wildman–Crippen MR) is 219 cm³/mol. The van der Waals surface area contributed by atoms with Crippen molar-refractivity contribution in [2.45, 2.75) is 0 Å². The Hall–Kier alpha value is -7.24. The Morgan fingerprint density at radius 3 is 1.45 bits per heavy atom. The maximum Gasteiger partial charge on any atom is 0.169 e. The van der Waals surface area contributed by atoms with Crippen LogP contribution in [0.5, 0.6) is 0 Å². The van der Waals surface area contributed by atoms with Crippen molar-refractivity contribution in [3.05, 3.63) is 200 Å². The van der Waals surface area contributed by atoms with Crippen molar-refractivity contribution in [1.82, 2.24) is 19.3 Å². The molecule has 0 amide bonds. The summed E-state index contributed by atoms with van der Waals surface area (Å²) in [7, 11) is 0. The molecule has 0 bridgehead atoms. The third-order valence-corrected chi connectivity index (χ3v) is 10.1. The van der Waals surface area contributed by atoms with E-state index in [1.165, 1.54) is 27.2 Å². The first-order valence-electron chi connectivity index (χ1n) is 17.8. The molecule has 0 fully saturated rings. The predicted octanol–water partition coefficient (Wildman–Crippen LogP) is 12.3. The fraction of sp³-hybridized carbons (Fsp3) is 0. The van der Waals surface area contributed by atoms with Gasteiger partial charge in [-0.2, -0.15) is 0 Å². The van der Waals surface area contributed by atoms with E-state index in [4.69, 9.17) is 10.2 Å². The first-order valence-corrected chi connectivity index (χ1v) is 17.8. The number of aromatic nitrogens is 4. The average molecular weight is 680 g/mol. The zero-order valence-corrected chi connectivity index (χ0v) is 28.8. The lowest BCUT2D eigenvalue weighted by Crippen LogP contribution is -2.10. The number of hydrogen-bond donors (Lipinski definition) is 0. The Kier molecular flexibility index (Phi) is 7.40. The van der Waals surface area contributed by atoms with Crippen LogP contribution in [0.1, 0.15) is 0 Å². The van der Waals surface area contributed by atoms with Gasteiger partial charge >= 0.3 is 0 Å². The zero-order chi connectivity index (χ0) is 35.1. The highest BCUT2D eigenvalue weighted by atomic mass is 15.3. The van der Waals surface area contributed by atoms with E-state index in [-0.39, 0.29) is 0 Å². The van der Waals surface area contributed by atoms with Gasteiger partial charge < -0.3 is 9.47 Å². The lowest BCUT2D eigenvalue weighted by atomic mass is 10.0. The lowest BCUT2D eigenvalue weighted by molar-refractivity contribution is 1.07. The van der Waals surface area contributed by atoms with Crippen LogP contribution in [0.4, 0.5) is 17.1 Å². The second kappa shape index (κ2) is 12.8. The molecule has 0 aliphatic rings. The molecule has 250 valence electrons. The van der Waals surface area contributed by atoms with Crippen molar-refractivity contribution in [2.24, 2.45) is 0 Å².